The SMILES string of the molecule is O=C(CCCNc1cncc(C(=O)O)n1)NC1CC1. The van der Waals surface area contributed by atoms with Crippen LogP contribution in [0.25, 0.3) is 0 Å². The Hall–Kier alpha value is -2.18. The molecule has 1 amide bonds. The van der Waals surface area contributed by atoms with Gasteiger partial charge in [-0.2, -0.15) is 0 Å². The summed E-state index contributed by atoms with van der Waals surface area (Å²) in [6.07, 6.45) is 5.93. The van der Waals surface area contributed by atoms with Crippen LogP contribution >= 0.6 is 0 Å². The minimum Gasteiger partial charge on any atom is -0.476 e. The quantitative estimate of drug-likeness (QED) is 0.624. The van der Waals surface area contributed by atoms with Gasteiger partial charge in [-0.15, -0.1) is 0 Å². The average Bonchev–Trinajstić information content (AvgIpc) is 3.19. The highest BCUT2D eigenvalue weighted by atomic mass is 16.4. The molecule has 1 aromatic heterocycles. The van der Waals surface area contributed by atoms with E-state index < -0.39 is 5.97 Å². The molecule has 1 aromatic rings. The van der Waals surface area contributed by atoms with E-state index in [-0.39, 0.29) is 11.6 Å². The molecule has 1 fully saturated rings. The standard InChI is InChI=1S/C12H16N4O3/c17-11(15-8-3-4-8)2-1-5-14-10-7-13-6-9(16-10)12(18)19/h6-8H,1-5H2,(H,14,16)(H,15,17)(H,18,19). The Labute approximate surface area is 110 Å². The monoisotopic (exact) mass is 264 g/mol. The number of rotatable bonds is 7. The third kappa shape index (κ3) is 4.53. The van der Waals surface area contributed by atoms with Gasteiger partial charge in [-0.3, -0.25) is 9.78 Å². The minimum absolute atomic E-state index is 0.0645. The van der Waals surface area contributed by atoms with Crippen molar-refractivity contribution in [2.45, 2.75) is 31.7 Å². The van der Waals surface area contributed by atoms with Crippen LogP contribution < -0.4 is 10.6 Å². The van der Waals surface area contributed by atoms with Gasteiger partial charge in [-0.1, -0.05) is 0 Å². The molecule has 7 heteroatoms. The highest BCUT2D eigenvalue weighted by Crippen LogP contribution is 2.18. The van der Waals surface area contributed by atoms with Gasteiger partial charge in [-0.25, -0.2) is 9.78 Å². The van der Waals surface area contributed by atoms with Crippen LogP contribution in [-0.2, 0) is 4.79 Å². The molecule has 0 bridgehead atoms. The third-order valence-corrected chi connectivity index (χ3v) is 2.68. The molecule has 0 aliphatic heterocycles. The van der Waals surface area contributed by atoms with Crippen molar-refractivity contribution < 1.29 is 14.7 Å². The molecule has 102 valence electrons. The maximum absolute atomic E-state index is 11.4. The van der Waals surface area contributed by atoms with E-state index in [9.17, 15) is 9.59 Å². The van der Waals surface area contributed by atoms with E-state index in [4.69, 9.17) is 5.11 Å². The lowest BCUT2D eigenvalue weighted by atomic mass is 10.3. The van der Waals surface area contributed by atoms with Gasteiger partial charge in [0.1, 0.15) is 5.82 Å². The van der Waals surface area contributed by atoms with Gasteiger partial charge in [0.2, 0.25) is 5.91 Å². The number of carboxylic acid groups (broad SMARTS) is 1. The molecule has 0 spiro atoms. The maximum atomic E-state index is 11.4. The van der Waals surface area contributed by atoms with Crippen LogP contribution in [0.4, 0.5) is 5.82 Å². The number of hydrogen-bond donors (Lipinski definition) is 3. The van der Waals surface area contributed by atoms with Gasteiger partial charge in [-0.05, 0) is 19.3 Å². The van der Waals surface area contributed by atoms with Crippen LogP contribution in [0.2, 0.25) is 0 Å². The molecule has 1 heterocycles. The number of aromatic carboxylic acids is 1. The largest absolute Gasteiger partial charge is 0.476 e. The van der Waals surface area contributed by atoms with Crippen molar-refractivity contribution in [3.8, 4) is 0 Å². The topological polar surface area (TPSA) is 104 Å². The molecule has 0 unspecified atom stereocenters. The zero-order valence-electron chi connectivity index (χ0n) is 10.4. The number of aromatic nitrogens is 2. The van der Waals surface area contributed by atoms with Gasteiger partial charge >= 0.3 is 5.97 Å². The van der Waals surface area contributed by atoms with E-state index in [0.717, 1.165) is 12.8 Å². The summed E-state index contributed by atoms with van der Waals surface area (Å²) in [5.41, 5.74) is -0.100. The van der Waals surface area contributed by atoms with E-state index in [1.165, 1.54) is 12.4 Å². The molecule has 1 saturated carbocycles. The summed E-state index contributed by atoms with van der Waals surface area (Å²) in [6.45, 7) is 0.551. The van der Waals surface area contributed by atoms with Crippen molar-refractivity contribution in [3.05, 3.63) is 18.1 Å². The second kappa shape index (κ2) is 6.12. The summed E-state index contributed by atoms with van der Waals surface area (Å²) in [6, 6.07) is 0.388. The van der Waals surface area contributed by atoms with Crippen LogP contribution in [0.3, 0.4) is 0 Å². The van der Waals surface area contributed by atoms with Gasteiger partial charge in [0.25, 0.3) is 0 Å². The Morgan fingerprint density at radius 2 is 2.16 bits per heavy atom. The molecule has 2 rings (SSSR count). The van der Waals surface area contributed by atoms with E-state index in [1.54, 1.807) is 0 Å². The molecule has 1 aliphatic rings. The molecule has 0 radical (unpaired) electrons. The summed E-state index contributed by atoms with van der Waals surface area (Å²) in [5.74, 6) is -0.642. The Kier molecular flexibility index (Phi) is 4.27. The first-order chi connectivity index (χ1) is 9.15. The van der Waals surface area contributed by atoms with E-state index in [2.05, 4.69) is 20.6 Å². The maximum Gasteiger partial charge on any atom is 0.356 e. The number of nitrogens with one attached hydrogen (secondary N) is 2. The van der Waals surface area contributed by atoms with E-state index >= 15 is 0 Å². The lowest BCUT2D eigenvalue weighted by molar-refractivity contribution is -0.121. The van der Waals surface area contributed by atoms with Crippen molar-refractivity contribution in [3.63, 3.8) is 0 Å². The first-order valence-electron chi connectivity index (χ1n) is 6.24. The Morgan fingerprint density at radius 3 is 2.84 bits per heavy atom. The zero-order chi connectivity index (χ0) is 13.7. The predicted octanol–water partition coefficient (Wildman–Crippen LogP) is 0.645. The van der Waals surface area contributed by atoms with Crippen molar-refractivity contribution in [1.82, 2.24) is 15.3 Å². The van der Waals surface area contributed by atoms with Crippen molar-refractivity contribution >= 4 is 17.7 Å². The second-order valence-electron chi connectivity index (χ2n) is 4.47. The number of carbonyl (C=O) groups is 2. The predicted molar refractivity (Wildman–Crippen MR) is 67.9 cm³/mol. The summed E-state index contributed by atoms with van der Waals surface area (Å²) < 4.78 is 0. The normalized spacial score (nSPS) is 13.9. The third-order valence-electron chi connectivity index (χ3n) is 2.68. The second-order valence-corrected chi connectivity index (χ2v) is 4.47. The average molecular weight is 264 g/mol. The summed E-state index contributed by atoms with van der Waals surface area (Å²) >= 11 is 0. The highest BCUT2D eigenvalue weighted by molar-refractivity contribution is 5.85. The fraction of sp³-hybridized carbons (Fsp3) is 0.500. The summed E-state index contributed by atoms with van der Waals surface area (Å²) in [5, 5.41) is 14.6. The molecule has 19 heavy (non-hydrogen) atoms. The summed E-state index contributed by atoms with van der Waals surface area (Å²) in [7, 11) is 0. The smallest absolute Gasteiger partial charge is 0.356 e. The first-order valence-corrected chi connectivity index (χ1v) is 6.24. The van der Waals surface area contributed by atoms with E-state index in [1.807, 2.05) is 0 Å². The lowest BCUT2D eigenvalue weighted by Gasteiger charge is -2.06. The molecule has 3 N–H and O–H groups in total. The molecular formula is C12H16N4O3. The number of amides is 1. The molecule has 0 aromatic carbocycles. The van der Waals surface area contributed by atoms with Crippen LogP contribution in [0.1, 0.15) is 36.2 Å². The Morgan fingerprint density at radius 1 is 1.37 bits per heavy atom. The van der Waals surface area contributed by atoms with Gasteiger partial charge in [0.05, 0.1) is 12.4 Å². The number of nitrogens with zero attached hydrogens (tertiary/aromatic N) is 2. The molecule has 1 aliphatic carbocycles. The van der Waals surface area contributed by atoms with Crippen LogP contribution in [0.5, 0.6) is 0 Å². The van der Waals surface area contributed by atoms with Crippen molar-refractivity contribution in [1.29, 1.82) is 0 Å². The lowest BCUT2D eigenvalue weighted by Crippen LogP contribution is -2.25. The minimum atomic E-state index is -1.11. The van der Waals surface area contributed by atoms with Gasteiger partial charge in [0.15, 0.2) is 5.69 Å². The summed E-state index contributed by atoms with van der Waals surface area (Å²) in [4.78, 5) is 29.8. The fourth-order valence-electron chi connectivity index (χ4n) is 1.55. The number of carbonyl (C=O) groups excluding carboxylic acids is 1. The van der Waals surface area contributed by atoms with Crippen molar-refractivity contribution in [2.24, 2.45) is 0 Å². The van der Waals surface area contributed by atoms with Crippen molar-refractivity contribution in [2.75, 3.05) is 11.9 Å². The number of hydrogen-bond acceptors (Lipinski definition) is 5. The first kappa shape index (κ1) is 13.3. The number of anilines is 1. The van der Waals surface area contributed by atoms with Crippen LogP contribution in [0, 0.1) is 0 Å². The van der Waals surface area contributed by atoms with E-state index in [0.29, 0.717) is 31.2 Å². The van der Waals surface area contributed by atoms with Crippen LogP contribution in [0.15, 0.2) is 12.4 Å². The number of carboxylic acids is 1. The molecule has 0 saturated heterocycles. The molecular weight excluding hydrogens is 248 g/mol. The van der Waals surface area contributed by atoms with Crippen LogP contribution in [-0.4, -0.2) is 39.5 Å². The fourth-order valence-corrected chi connectivity index (χ4v) is 1.55. The zero-order valence-corrected chi connectivity index (χ0v) is 10.4. The van der Waals surface area contributed by atoms with Gasteiger partial charge < -0.3 is 15.7 Å². The Bertz CT molecular complexity index is 474. The Balaban J connectivity index is 1.68. The van der Waals surface area contributed by atoms with Gasteiger partial charge in [0, 0.05) is 19.0 Å². The molecule has 7 nitrogen and oxygen atoms in total. The highest BCUT2D eigenvalue weighted by Gasteiger charge is 2.22. The molecule has 0 atom stereocenters.